The third-order valence-corrected chi connectivity index (χ3v) is 2.58. The Hall–Kier alpha value is -2.20. The quantitative estimate of drug-likeness (QED) is 0.771. The minimum atomic E-state index is -0.364. The summed E-state index contributed by atoms with van der Waals surface area (Å²) in [6, 6.07) is 13.1. The highest BCUT2D eigenvalue weighted by Crippen LogP contribution is 2.25. The van der Waals surface area contributed by atoms with Crippen molar-refractivity contribution in [2.24, 2.45) is 5.73 Å². The van der Waals surface area contributed by atoms with Gasteiger partial charge in [0.15, 0.2) is 11.5 Å². The predicted molar refractivity (Wildman–Crippen MR) is 68.6 cm³/mol. The Morgan fingerprint density at radius 1 is 1.06 bits per heavy atom. The first-order chi connectivity index (χ1) is 8.66. The average Bonchev–Trinajstić information content (AvgIpc) is 2.37. The van der Waals surface area contributed by atoms with Crippen molar-refractivity contribution < 1.29 is 14.9 Å². The molecule has 2 aromatic carbocycles. The fraction of sp³-hybridized carbons (Fsp3) is 0.143. The highest BCUT2D eigenvalue weighted by molar-refractivity contribution is 5.38. The molecular formula is C14H15NO3. The number of ether oxygens (including phenoxy) is 1. The number of rotatable bonds is 4. The molecule has 4 heteroatoms. The lowest BCUT2D eigenvalue weighted by molar-refractivity contribution is 0.276. The smallest absolute Gasteiger partial charge is 0.161 e. The van der Waals surface area contributed by atoms with Crippen LogP contribution < -0.4 is 10.5 Å². The molecule has 0 aliphatic rings. The summed E-state index contributed by atoms with van der Waals surface area (Å²) in [6.45, 7) is 0.223. The molecule has 0 radical (unpaired) electrons. The van der Waals surface area contributed by atoms with E-state index in [-0.39, 0.29) is 24.1 Å². The summed E-state index contributed by atoms with van der Waals surface area (Å²) in [5.74, 6) is 0.652. The molecule has 4 N–H and O–H groups in total. The summed E-state index contributed by atoms with van der Waals surface area (Å²) in [4.78, 5) is 0. The van der Waals surface area contributed by atoms with Crippen molar-refractivity contribution in [3.63, 3.8) is 0 Å². The molecule has 0 spiro atoms. The van der Waals surface area contributed by atoms with Crippen LogP contribution in [-0.4, -0.2) is 16.8 Å². The molecule has 0 aliphatic heterocycles. The van der Waals surface area contributed by atoms with Gasteiger partial charge in [-0.1, -0.05) is 24.3 Å². The van der Waals surface area contributed by atoms with Crippen LogP contribution in [0.5, 0.6) is 17.2 Å². The van der Waals surface area contributed by atoms with E-state index in [0.717, 1.165) is 5.56 Å². The third kappa shape index (κ3) is 2.93. The number of nitrogens with two attached hydrogens (primary N) is 1. The molecule has 2 rings (SSSR count). The number of para-hydroxylation sites is 2. The van der Waals surface area contributed by atoms with Gasteiger partial charge in [-0.15, -0.1) is 0 Å². The molecule has 0 aromatic heterocycles. The van der Waals surface area contributed by atoms with Crippen LogP contribution in [0.2, 0.25) is 0 Å². The Bertz CT molecular complexity index is 528. The van der Waals surface area contributed by atoms with Crippen LogP contribution in [-0.2, 0) is 0 Å². The highest BCUT2D eigenvalue weighted by atomic mass is 16.5. The standard InChI is InChI=1S/C14H15NO3/c15-12(10-4-3-5-11(16)8-10)9-18-14-7-2-1-6-13(14)17/h1-8,12,16-17H,9,15H2. The van der Waals surface area contributed by atoms with Crippen LogP contribution in [0.1, 0.15) is 11.6 Å². The van der Waals surface area contributed by atoms with Crippen LogP contribution in [0.15, 0.2) is 48.5 Å². The number of hydrogen-bond donors (Lipinski definition) is 3. The minimum Gasteiger partial charge on any atom is -0.508 e. The molecule has 0 heterocycles. The van der Waals surface area contributed by atoms with Gasteiger partial charge >= 0.3 is 0 Å². The normalized spacial score (nSPS) is 12.1. The molecule has 4 nitrogen and oxygen atoms in total. The monoisotopic (exact) mass is 245 g/mol. The molecule has 18 heavy (non-hydrogen) atoms. The second-order valence-corrected chi connectivity index (χ2v) is 3.98. The molecule has 0 bridgehead atoms. The van der Waals surface area contributed by atoms with Crippen LogP contribution in [0, 0.1) is 0 Å². The van der Waals surface area contributed by atoms with Gasteiger partial charge in [0.2, 0.25) is 0 Å². The van der Waals surface area contributed by atoms with E-state index in [4.69, 9.17) is 10.5 Å². The van der Waals surface area contributed by atoms with E-state index in [1.165, 1.54) is 0 Å². The molecule has 0 amide bonds. The molecule has 2 aromatic rings. The Kier molecular flexibility index (Phi) is 3.69. The van der Waals surface area contributed by atoms with Crippen molar-refractivity contribution >= 4 is 0 Å². The summed E-state index contributed by atoms with van der Waals surface area (Å²) in [7, 11) is 0. The second kappa shape index (κ2) is 5.42. The molecule has 94 valence electrons. The van der Waals surface area contributed by atoms with Gasteiger partial charge in [-0.25, -0.2) is 0 Å². The number of benzene rings is 2. The van der Waals surface area contributed by atoms with Gasteiger partial charge in [0.25, 0.3) is 0 Å². The fourth-order valence-corrected chi connectivity index (χ4v) is 1.61. The van der Waals surface area contributed by atoms with Gasteiger partial charge in [0, 0.05) is 0 Å². The molecule has 1 atom stereocenters. The van der Waals surface area contributed by atoms with Gasteiger partial charge < -0.3 is 20.7 Å². The Labute approximate surface area is 105 Å². The number of phenols is 2. The second-order valence-electron chi connectivity index (χ2n) is 3.98. The lowest BCUT2D eigenvalue weighted by Gasteiger charge is -2.14. The SMILES string of the molecule is NC(COc1ccccc1O)c1cccc(O)c1. The first kappa shape index (κ1) is 12.3. The van der Waals surface area contributed by atoms with Crippen molar-refractivity contribution in [2.75, 3.05) is 6.61 Å². The molecular weight excluding hydrogens is 230 g/mol. The minimum absolute atomic E-state index is 0.0839. The van der Waals surface area contributed by atoms with E-state index in [1.54, 1.807) is 42.5 Å². The summed E-state index contributed by atoms with van der Waals surface area (Å²) in [5, 5.41) is 18.9. The van der Waals surface area contributed by atoms with Gasteiger partial charge in [-0.2, -0.15) is 0 Å². The lowest BCUT2D eigenvalue weighted by atomic mass is 10.1. The first-order valence-electron chi connectivity index (χ1n) is 5.62. The van der Waals surface area contributed by atoms with Crippen LogP contribution in [0.4, 0.5) is 0 Å². The van der Waals surface area contributed by atoms with E-state index in [0.29, 0.717) is 5.75 Å². The fourth-order valence-electron chi connectivity index (χ4n) is 1.61. The maximum atomic E-state index is 9.53. The predicted octanol–water partition coefficient (Wildman–Crippen LogP) is 2.18. The Morgan fingerprint density at radius 3 is 2.56 bits per heavy atom. The highest BCUT2D eigenvalue weighted by Gasteiger charge is 2.09. The number of aromatic hydroxyl groups is 2. The zero-order valence-electron chi connectivity index (χ0n) is 9.78. The Balaban J connectivity index is 2.00. The largest absolute Gasteiger partial charge is 0.508 e. The number of phenolic OH excluding ortho intramolecular Hbond substituents is 2. The zero-order valence-corrected chi connectivity index (χ0v) is 9.78. The van der Waals surface area contributed by atoms with Gasteiger partial charge in [-0.05, 0) is 29.8 Å². The maximum absolute atomic E-state index is 9.53. The van der Waals surface area contributed by atoms with Crippen molar-refractivity contribution in [2.45, 2.75) is 6.04 Å². The summed E-state index contributed by atoms with van der Waals surface area (Å²) >= 11 is 0. The van der Waals surface area contributed by atoms with Crippen molar-refractivity contribution in [3.8, 4) is 17.2 Å². The van der Waals surface area contributed by atoms with Crippen molar-refractivity contribution in [1.82, 2.24) is 0 Å². The molecule has 0 saturated carbocycles. The summed E-state index contributed by atoms with van der Waals surface area (Å²) < 4.78 is 5.44. The summed E-state index contributed by atoms with van der Waals surface area (Å²) in [5.41, 5.74) is 6.73. The van der Waals surface area contributed by atoms with E-state index < -0.39 is 0 Å². The number of hydrogen-bond acceptors (Lipinski definition) is 4. The topological polar surface area (TPSA) is 75.7 Å². The molecule has 0 saturated heterocycles. The van der Waals surface area contributed by atoms with E-state index in [1.807, 2.05) is 6.07 Å². The van der Waals surface area contributed by atoms with Gasteiger partial charge in [0.1, 0.15) is 12.4 Å². The zero-order chi connectivity index (χ0) is 13.0. The summed E-state index contributed by atoms with van der Waals surface area (Å²) in [6.07, 6.45) is 0. The third-order valence-electron chi connectivity index (χ3n) is 2.58. The van der Waals surface area contributed by atoms with E-state index >= 15 is 0 Å². The van der Waals surface area contributed by atoms with Crippen molar-refractivity contribution in [1.29, 1.82) is 0 Å². The van der Waals surface area contributed by atoms with Gasteiger partial charge in [0.05, 0.1) is 6.04 Å². The van der Waals surface area contributed by atoms with Crippen molar-refractivity contribution in [3.05, 3.63) is 54.1 Å². The van der Waals surface area contributed by atoms with Crippen LogP contribution >= 0.6 is 0 Å². The van der Waals surface area contributed by atoms with Gasteiger partial charge in [-0.3, -0.25) is 0 Å². The Morgan fingerprint density at radius 2 is 1.83 bits per heavy atom. The average molecular weight is 245 g/mol. The molecule has 0 fully saturated rings. The van der Waals surface area contributed by atoms with Crippen LogP contribution in [0.3, 0.4) is 0 Å². The maximum Gasteiger partial charge on any atom is 0.161 e. The lowest BCUT2D eigenvalue weighted by Crippen LogP contribution is -2.18. The van der Waals surface area contributed by atoms with Crippen LogP contribution in [0.25, 0.3) is 0 Å². The van der Waals surface area contributed by atoms with E-state index in [2.05, 4.69) is 0 Å². The molecule has 0 aliphatic carbocycles. The first-order valence-corrected chi connectivity index (χ1v) is 5.62. The molecule has 1 unspecified atom stereocenters. The van der Waals surface area contributed by atoms with E-state index in [9.17, 15) is 10.2 Å².